The monoisotopic (exact) mass is 461 g/mol. The molecule has 1 unspecified atom stereocenters. The Morgan fingerprint density at radius 3 is 2.00 bits per heavy atom. The minimum Gasteiger partial charge on any atom is -0.585 e. The molecule has 1 saturated heterocycles. The van der Waals surface area contributed by atoms with E-state index < -0.39 is 22.4 Å². The van der Waals surface area contributed by atoms with Crippen LogP contribution in [0.15, 0.2) is 48.5 Å². The molecule has 0 aliphatic carbocycles. The van der Waals surface area contributed by atoms with Gasteiger partial charge in [0, 0.05) is 5.97 Å². The van der Waals surface area contributed by atoms with Crippen LogP contribution in [0.2, 0.25) is 0 Å². The van der Waals surface area contributed by atoms with Crippen LogP contribution in [0, 0.1) is 5.92 Å². The van der Waals surface area contributed by atoms with Crippen molar-refractivity contribution in [2.75, 3.05) is 0 Å². The van der Waals surface area contributed by atoms with Gasteiger partial charge < -0.3 is 29.5 Å². The third kappa shape index (κ3) is 8.49. The number of ether oxygens (including phenoxy) is 1. The standard InChI is InChI=1S/C20H19NO5S.2K/c1-12(19(23)24)10-13-2-6-15(7-3-13)26-16-8-4-14(5-9-16)11-17-18(22)21-20(25)27-17;;/h2-9,12,17H,10-11H2,1H3,(H2,21,22,23,24,25);;/q;2*+1/p-2/t12-,17?;;/m1../s1. The molecule has 0 bridgehead atoms. The number of amides is 2. The van der Waals surface area contributed by atoms with Crippen LogP contribution in [-0.2, 0) is 22.4 Å². The predicted octanol–water partition coefficient (Wildman–Crippen LogP) is -2.91. The molecule has 2 aromatic rings. The van der Waals surface area contributed by atoms with Gasteiger partial charge in [-0.15, -0.1) is 0 Å². The molecule has 0 spiro atoms. The predicted molar refractivity (Wildman–Crippen MR) is 99.7 cm³/mol. The number of hydrogen-bond donors (Lipinski definition) is 0. The van der Waals surface area contributed by atoms with Crippen molar-refractivity contribution in [1.82, 2.24) is 0 Å². The van der Waals surface area contributed by atoms with Crippen LogP contribution >= 0.6 is 11.8 Å². The first-order valence-electron chi connectivity index (χ1n) is 8.43. The van der Waals surface area contributed by atoms with Crippen LogP contribution in [0.3, 0.4) is 0 Å². The number of aliphatic carboxylic acids is 1. The summed E-state index contributed by atoms with van der Waals surface area (Å²) in [6.45, 7) is 1.61. The van der Waals surface area contributed by atoms with E-state index in [1.807, 2.05) is 24.3 Å². The van der Waals surface area contributed by atoms with Crippen molar-refractivity contribution < 1.29 is 127 Å². The first-order chi connectivity index (χ1) is 12.9. The number of nitrogens with zero attached hydrogens (tertiary/aromatic N) is 1. The van der Waals surface area contributed by atoms with Gasteiger partial charge in [-0.25, -0.2) is 0 Å². The van der Waals surface area contributed by atoms with Gasteiger partial charge in [0.1, 0.15) is 16.7 Å². The van der Waals surface area contributed by atoms with Crippen LogP contribution < -0.4 is 113 Å². The summed E-state index contributed by atoms with van der Waals surface area (Å²) in [5, 5.41) is 13.3. The van der Waals surface area contributed by atoms with Crippen LogP contribution in [-0.4, -0.2) is 22.4 Å². The third-order valence-corrected chi connectivity index (χ3v) is 5.11. The molecule has 1 aliphatic rings. The van der Waals surface area contributed by atoms with Crippen molar-refractivity contribution in [3.63, 3.8) is 0 Å². The molecular formula is C20H17K2NO5S. The number of carboxylic acids is 1. The Hall–Kier alpha value is 0.473. The number of imide groups is 1. The van der Waals surface area contributed by atoms with Crippen molar-refractivity contribution in [2.24, 2.45) is 5.92 Å². The Morgan fingerprint density at radius 2 is 1.55 bits per heavy atom. The zero-order valence-corrected chi connectivity index (χ0v) is 23.6. The molecule has 2 atom stereocenters. The van der Waals surface area contributed by atoms with Crippen molar-refractivity contribution in [3.8, 4) is 11.5 Å². The maximum atomic E-state index is 11.6. The Morgan fingerprint density at radius 1 is 1.03 bits per heavy atom. The summed E-state index contributed by atoms with van der Waals surface area (Å²) in [7, 11) is 0. The summed E-state index contributed by atoms with van der Waals surface area (Å²) in [6.07, 6.45) is 0.855. The molecule has 1 aliphatic heterocycles. The number of thioether (sulfide) groups is 1. The van der Waals surface area contributed by atoms with Crippen LogP contribution in [0.1, 0.15) is 18.1 Å². The molecule has 29 heavy (non-hydrogen) atoms. The summed E-state index contributed by atoms with van der Waals surface area (Å²) in [5.41, 5.74) is 1.82. The van der Waals surface area contributed by atoms with Gasteiger partial charge in [0.2, 0.25) is 0 Å². The zero-order valence-electron chi connectivity index (χ0n) is 16.6. The van der Waals surface area contributed by atoms with Gasteiger partial charge in [-0.1, -0.05) is 43.0 Å². The minimum absolute atomic E-state index is 0. The second kappa shape index (κ2) is 13.1. The fourth-order valence-electron chi connectivity index (χ4n) is 2.66. The van der Waals surface area contributed by atoms with Crippen molar-refractivity contribution >= 4 is 28.9 Å². The van der Waals surface area contributed by atoms with Crippen molar-refractivity contribution in [3.05, 3.63) is 65.0 Å². The summed E-state index contributed by atoms with van der Waals surface area (Å²) < 4.78 is 5.78. The maximum absolute atomic E-state index is 11.6. The summed E-state index contributed by atoms with van der Waals surface area (Å²) >= 11 is 0.955. The van der Waals surface area contributed by atoms with Gasteiger partial charge in [-0.2, -0.15) is 0 Å². The molecule has 140 valence electrons. The normalized spacial score (nSPS) is 16.2. The average Bonchev–Trinajstić information content (AvgIpc) is 2.95. The molecule has 2 aromatic carbocycles. The van der Waals surface area contributed by atoms with E-state index in [9.17, 15) is 19.5 Å². The Bertz CT molecular complexity index is 858. The van der Waals surface area contributed by atoms with E-state index in [2.05, 4.69) is 5.32 Å². The second-order valence-corrected chi connectivity index (χ2v) is 7.49. The number of carboxylic acid groups (broad SMARTS) is 1. The van der Waals surface area contributed by atoms with E-state index in [0.717, 1.165) is 22.9 Å². The second-order valence-electron chi connectivity index (χ2n) is 6.34. The van der Waals surface area contributed by atoms with Gasteiger partial charge in [0.25, 0.3) is 0 Å². The summed E-state index contributed by atoms with van der Waals surface area (Å²) in [4.78, 5) is 33.5. The molecule has 0 saturated carbocycles. The molecule has 0 radical (unpaired) electrons. The Kier molecular flexibility index (Phi) is 12.4. The quantitative estimate of drug-likeness (QED) is 0.410. The van der Waals surface area contributed by atoms with Crippen LogP contribution in [0.25, 0.3) is 5.32 Å². The van der Waals surface area contributed by atoms with Crippen LogP contribution in [0.4, 0.5) is 4.79 Å². The minimum atomic E-state index is -1.06. The zero-order chi connectivity index (χ0) is 19.4. The molecule has 6 nitrogen and oxygen atoms in total. The van der Waals surface area contributed by atoms with E-state index >= 15 is 0 Å². The van der Waals surface area contributed by atoms with E-state index in [1.54, 1.807) is 31.2 Å². The third-order valence-electron chi connectivity index (χ3n) is 4.17. The first-order valence-corrected chi connectivity index (χ1v) is 9.31. The molecule has 9 heteroatoms. The Labute approximate surface area is 258 Å². The largest absolute Gasteiger partial charge is 1.00 e. The van der Waals surface area contributed by atoms with Gasteiger partial charge in [0.15, 0.2) is 0 Å². The molecule has 1 heterocycles. The fourth-order valence-corrected chi connectivity index (χ4v) is 3.48. The number of hydrogen-bond acceptors (Lipinski definition) is 6. The molecule has 2 amide bonds. The Balaban J connectivity index is 0.00000210. The number of benzene rings is 2. The maximum Gasteiger partial charge on any atom is 1.00 e. The van der Waals surface area contributed by atoms with Gasteiger partial charge in [-0.05, 0) is 54.2 Å². The molecule has 1 fully saturated rings. The number of carbonyl (C=O) groups excluding carboxylic acids is 3. The topological polar surface area (TPSA) is 97.6 Å². The average molecular weight is 462 g/mol. The molecular weight excluding hydrogens is 444 g/mol. The van der Waals surface area contributed by atoms with Gasteiger partial charge in [0.05, 0.1) is 11.2 Å². The van der Waals surface area contributed by atoms with Gasteiger partial charge >= 0.3 is 103 Å². The number of rotatable bonds is 7. The van der Waals surface area contributed by atoms with Gasteiger partial charge in [-0.3, -0.25) is 0 Å². The van der Waals surface area contributed by atoms with E-state index in [-0.39, 0.29) is 109 Å². The fraction of sp³-hybridized carbons (Fsp3) is 0.250. The van der Waals surface area contributed by atoms with Crippen molar-refractivity contribution in [2.45, 2.75) is 25.0 Å². The van der Waals surface area contributed by atoms with Crippen LogP contribution in [0.5, 0.6) is 11.5 Å². The SMILES string of the molecule is C[C@H](Cc1ccc(Oc2ccc(CC3SC(=O)[N-]C3=O)cc2)cc1)C(=O)[O-].[K+].[K+]. The molecule has 0 N–H and O–H groups in total. The van der Waals surface area contributed by atoms with E-state index in [4.69, 9.17) is 4.74 Å². The molecule has 3 rings (SSSR count). The number of carbonyl (C=O) groups is 3. The van der Waals surface area contributed by atoms with E-state index in [1.165, 1.54) is 0 Å². The summed E-state index contributed by atoms with van der Waals surface area (Å²) in [5.74, 6) is -0.707. The molecule has 0 aromatic heterocycles. The smallest absolute Gasteiger partial charge is 0.585 e. The summed E-state index contributed by atoms with van der Waals surface area (Å²) in [6, 6.07) is 14.5. The first kappa shape index (κ1) is 27.5. The van der Waals surface area contributed by atoms with E-state index in [0.29, 0.717) is 24.3 Å². The van der Waals surface area contributed by atoms with Crippen molar-refractivity contribution in [1.29, 1.82) is 0 Å².